The predicted octanol–water partition coefficient (Wildman–Crippen LogP) is 4.64. The van der Waals surface area contributed by atoms with Crippen molar-refractivity contribution in [3.63, 3.8) is 0 Å². The molecular formula is C18H22FNO. The van der Waals surface area contributed by atoms with Crippen molar-refractivity contribution in [1.82, 2.24) is 5.32 Å². The largest absolute Gasteiger partial charge is 0.494 e. The molecule has 0 saturated carbocycles. The molecule has 112 valence electrons. The summed E-state index contributed by atoms with van der Waals surface area (Å²) in [5, 5.41) is 3.52. The average Bonchev–Trinajstić information content (AvgIpc) is 2.49. The van der Waals surface area contributed by atoms with Crippen LogP contribution in [0.15, 0.2) is 48.5 Å². The summed E-state index contributed by atoms with van der Waals surface area (Å²) in [6.45, 7) is 6.85. The van der Waals surface area contributed by atoms with Crippen LogP contribution in [0.3, 0.4) is 0 Å². The van der Waals surface area contributed by atoms with Crippen LogP contribution in [-0.4, -0.2) is 6.61 Å². The molecule has 1 unspecified atom stereocenters. The molecule has 0 aliphatic carbocycles. The minimum Gasteiger partial charge on any atom is -0.494 e. The Kier molecular flexibility index (Phi) is 5.34. The van der Waals surface area contributed by atoms with Gasteiger partial charge in [-0.1, -0.05) is 24.3 Å². The van der Waals surface area contributed by atoms with Crippen LogP contribution >= 0.6 is 0 Å². The van der Waals surface area contributed by atoms with Crippen molar-refractivity contribution in [1.29, 1.82) is 0 Å². The minimum absolute atomic E-state index is 0.159. The van der Waals surface area contributed by atoms with E-state index in [0.29, 0.717) is 6.61 Å². The van der Waals surface area contributed by atoms with Crippen LogP contribution in [0, 0.1) is 5.82 Å². The lowest BCUT2D eigenvalue weighted by atomic mass is 10.0. The summed E-state index contributed by atoms with van der Waals surface area (Å²) >= 11 is 0. The third kappa shape index (κ3) is 4.30. The van der Waals surface area contributed by atoms with Gasteiger partial charge in [0.1, 0.15) is 11.6 Å². The fourth-order valence-corrected chi connectivity index (χ4v) is 2.34. The van der Waals surface area contributed by atoms with E-state index in [1.807, 2.05) is 31.2 Å². The standard InChI is InChI=1S/C18H22FNO/c1-4-21-18-11-7-16(8-12-18)14(3)20-13(2)15-5-9-17(19)10-6-15/h5-14,20H,4H2,1-3H3/t13-,14?/m1/s1. The van der Waals surface area contributed by atoms with Crippen LogP contribution < -0.4 is 10.1 Å². The molecule has 0 bridgehead atoms. The van der Waals surface area contributed by atoms with Crippen molar-refractivity contribution in [3.05, 3.63) is 65.5 Å². The lowest BCUT2D eigenvalue weighted by molar-refractivity contribution is 0.340. The van der Waals surface area contributed by atoms with Gasteiger partial charge in [-0.3, -0.25) is 0 Å². The van der Waals surface area contributed by atoms with Crippen LogP contribution in [0.4, 0.5) is 4.39 Å². The van der Waals surface area contributed by atoms with Crippen LogP contribution in [0.25, 0.3) is 0 Å². The zero-order chi connectivity index (χ0) is 15.2. The van der Waals surface area contributed by atoms with Crippen molar-refractivity contribution in [2.45, 2.75) is 32.9 Å². The van der Waals surface area contributed by atoms with Crippen LogP contribution in [-0.2, 0) is 0 Å². The van der Waals surface area contributed by atoms with Gasteiger partial charge in [-0.15, -0.1) is 0 Å². The van der Waals surface area contributed by atoms with E-state index in [0.717, 1.165) is 11.3 Å². The SMILES string of the molecule is CCOc1ccc(C(C)N[C@H](C)c2ccc(F)cc2)cc1. The molecule has 2 aromatic rings. The molecule has 0 aliphatic heterocycles. The fraction of sp³-hybridized carbons (Fsp3) is 0.333. The minimum atomic E-state index is -0.203. The second kappa shape index (κ2) is 7.23. The molecule has 2 atom stereocenters. The first-order chi connectivity index (χ1) is 10.1. The maximum absolute atomic E-state index is 12.9. The predicted molar refractivity (Wildman–Crippen MR) is 84.0 cm³/mol. The monoisotopic (exact) mass is 287 g/mol. The molecule has 0 radical (unpaired) electrons. The van der Waals surface area contributed by atoms with E-state index in [2.05, 4.69) is 31.3 Å². The topological polar surface area (TPSA) is 21.3 Å². The first-order valence-electron chi connectivity index (χ1n) is 7.34. The van der Waals surface area contributed by atoms with Crippen molar-refractivity contribution >= 4 is 0 Å². The summed E-state index contributed by atoms with van der Waals surface area (Å²) in [6, 6.07) is 15.1. The summed E-state index contributed by atoms with van der Waals surface area (Å²) in [6.07, 6.45) is 0. The molecule has 21 heavy (non-hydrogen) atoms. The highest BCUT2D eigenvalue weighted by molar-refractivity contribution is 5.29. The molecule has 0 aliphatic rings. The molecule has 2 aromatic carbocycles. The Balaban J connectivity index is 1.99. The van der Waals surface area contributed by atoms with E-state index in [4.69, 9.17) is 4.74 Å². The van der Waals surface area contributed by atoms with Gasteiger partial charge in [-0.2, -0.15) is 0 Å². The summed E-state index contributed by atoms with van der Waals surface area (Å²) < 4.78 is 18.4. The maximum Gasteiger partial charge on any atom is 0.123 e. The molecule has 2 nitrogen and oxygen atoms in total. The van der Waals surface area contributed by atoms with Crippen molar-refractivity contribution in [3.8, 4) is 5.75 Å². The van der Waals surface area contributed by atoms with Gasteiger partial charge in [0.15, 0.2) is 0 Å². The molecule has 2 rings (SSSR count). The Hall–Kier alpha value is -1.87. The highest BCUT2D eigenvalue weighted by Crippen LogP contribution is 2.21. The number of hydrogen-bond acceptors (Lipinski definition) is 2. The fourth-order valence-electron chi connectivity index (χ4n) is 2.34. The molecule has 3 heteroatoms. The van der Waals surface area contributed by atoms with E-state index in [1.54, 1.807) is 0 Å². The molecule has 0 spiro atoms. The quantitative estimate of drug-likeness (QED) is 0.836. The van der Waals surface area contributed by atoms with Gasteiger partial charge >= 0.3 is 0 Å². The molecule has 1 N–H and O–H groups in total. The van der Waals surface area contributed by atoms with Crippen LogP contribution in [0.1, 0.15) is 44.0 Å². The zero-order valence-electron chi connectivity index (χ0n) is 12.8. The maximum atomic E-state index is 12.9. The second-order valence-corrected chi connectivity index (χ2v) is 5.16. The normalized spacial score (nSPS) is 13.7. The van der Waals surface area contributed by atoms with E-state index >= 15 is 0 Å². The third-order valence-electron chi connectivity index (χ3n) is 3.56. The summed E-state index contributed by atoms with van der Waals surface area (Å²) in [5.74, 6) is 0.686. The second-order valence-electron chi connectivity index (χ2n) is 5.16. The van der Waals surface area contributed by atoms with Gasteiger partial charge in [-0.05, 0) is 56.2 Å². The lowest BCUT2D eigenvalue weighted by Gasteiger charge is -2.21. The summed E-state index contributed by atoms with van der Waals surface area (Å²) in [7, 11) is 0. The Morgan fingerprint density at radius 1 is 0.905 bits per heavy atom. The first kappa shape index (κ1) is 15.5. The van der Waals surface area contributed by atoms with Gasteiger partial charge in [0, 0.05) is 12.1 Å². The Morgan fingerprint density at radius 2 is 1.38 bits per heavy atom. The first-order valence-corrected chi connectivity index (χ1v) is 7.34. The summed E-state index contributed by atoms with van der Waals surface area (Å²) in [4.78, 5) is 0. The molecule has 0 aromatic heterocycles. The van der Waals surface area contributed by atoms with Gasteiger partial charge in [0.2, 0.25) is 0 Å². The molecule has 0 amide bonds. The van der Waals surface area contributed by atoms with Gasteiger partial charge < -0.3 is 10.1 Å². The molecule has 0 fully saturated rings. The van der Waals surface area contributed by atoms with Crippen molar-refractivity contribution in [2.75, 3.05) is 6.61 Å². The van der Waals surface area contributed by atoms with E-state index < -0.39 is 0 Å². The number of nitrogens with one attached hydrogen (secondary N) is 1. The van der Waals surface area contributed by atoms with Crippen molar-refractivity contribution < 1.29 is 9.13 Å². The van der Waals surface area contributed by atoms with E-state index in [9.17, 15) is 4.39 Å². The number of halogens is 1. The Labute approximate surface area is 126 Å². The van der Waals surface area contributed by atoms with Gasteiger partial charge in [-0.25, -0.2) is 4.39 Å². The zero-order valence-corrected chi connectivity index (χ0v) is 12.8. The Bertz CT molecular complexity index is 550. The number of rotatable bonds is 6. The van der Waals surface area contributed by atoms with Gasteiger partial charge in [0.05, 0.1) is 6.61 Å². The van der Waals surface area contributed by atoms with Gasteiger partial charge in [0.25, 0.3) is 0 Å². The number of benzene rings is 2. The molecule has 0 heterocycles. The molecular weight excluding hydrogens is 265 g/mol. The smallest absolute Gasteiger partial charge is 0.123 e. The Morgan fingerprint density at radius 3 is 1.86 bits per heavy atom. The highest BCUT2D eigenvalue weighted by atomic mass is 19.1. The third-order valence-corrected chi connectivity index (χ3v) is 3.56. The van der Waals surface area contributed by atoms with Crippen LogP contribution in [0.2, 0.25) is 0 Å². The van der Waals surface area contributed by atoms with E-state index in [-0.39, 0.29) is 17.9 Å². The molecule has 0 saturated heterocycles. The lowest BCUT2D eigenvalue weighted by Crippen LogP contribution is -2.22. The number of ether oxygens (including phenoxy) is 1. The van der Waals surface area contributed by atoms with Crippen LogP contribution in [0.5, 0.6) is 5.75 Å². The van der Waals surface area contributed by atoms with Crippen molar-refractivity contribution in [2.24, 2.45) is 0 Å². The van der Waals surface area contributed by atoms with E-state index in [1.165, 1.54) is 17.7 Å². The highest BCUT2D eigenvalue weighted by Gasteiger charge is 2.11. The average molecular weight is 287 g/mol. The summed E-state index contributed by atoms with van der Waals surface area (Å²) in [5.41, 5.74) is 2.28. The number of hydrogen-bond donors (Lipinski definition) is 1.